The topological polar surface area (TPSA) is 123 Å². The molecule has 1 aliphatic rings. The van der Waals surface area contributed by atoms with Gasteiger partial charge in [0.1, 0.15) is 11.7 Å². The fourth-order valence-corrected chi connectivity index (χ4v) is 4.59. The van der Waals surface area contributed by atoms with Gasteiger partial charge in [0.2, 0.25) is 0 Å². The predicted molar refractivity (Wildman–Crippen MR) is 138 cm³/mol. The minimum Gasteiger partial charge on any atom is -0.465 e. The lowest BCUT2D eigenvalue weighted by molar-refractivity contribution is -0.137. The standard InChI is InChI=1S/C27H29F3N4O6/c1-26(2,3)40-25(38)34-20-11-10-19(14-17(20)15-31-34)32-23(35)39-22(21-9-4-5-12-33(21)24(36)37)16-7-6-8-18(13-16)27(28,29)30/h6-8,10-11,13-15,21-22H,4-5,9,12H2,1-3H3,(H,32,35)(H,36,37)/t21-,22?/m0/s1. The van der Waals surface area contributed by atoms with E-state index in [1.54, 1.807) is 26.8 Å². The Balaban J connectivity index is 1.58. The maximum Gasteiger partial charge on any atom is 0.435 e. The van der Waals surface area contributed by atoms with E-state index in [2.05, 4.69) is 10.4 Å². The summed E-state index contributed by atoms with van der Waals surface area (Å²) in [6.45, 7) is 5.33. The Kier molecular flexibility index (Phi) is 7.94. The molecule has 40 heavy (non-hydrogen) atoms. The number of carbonyl (C=O) groups excluding carboxylic acids is 2. The molecule has 0 radical (unpaired) electrons. The van der Waals surface area contributed by atoms with Crippen LogP contribution in [-0.4, -0.2) is 56.3 Å². The van der Waals surface area contributed by atoms with Gasteiger partial charge in [-0.15, -0.1) is 0 Å². The van der Waals surface area contributed by atoms with E-state index in [-0.39, 0.29) is 17.8 Å². The van der Waals surface area contributed by atoms with E-state index in [1.165, 1.54) is 30.5 Å². The molecule has 10 nitrogen and oxygen atoms in total. The van der Waals surface area contributed by atoms with Crippen LogP contribution in [0.15, 0.2) is 48.7 Å². The highest BCUT2D eigenvalue weighted by molar-refractivity contribution is 5.93. The number of halogens is 3. The summed E-state index contributed by atoms with van der Waals surface area (Å²) in [5.74, 6) is 0. The number of likely N-dealkylation sites (tertiary alicyclic amines) is 1. The van der Waals surface area contributed by atoms with Gasteiger partial charge in [-0.1, -0.05) is 12.1 Å². The SMILES string of the molecule is CC(C)(C)OC(=O)n1ncc2cc(NC(=O)OC(c3cccc(C(F)(F)F)c3)[C@@H]3CCCCN3C(=O)O)ccc21. The molecule has 1 aromatic heterocycles. The minimum absolute atomic E-state index is 0.0252. The number of nitrogens with zero attached hydrogens (tertiary/aromatic N) is 3. The number of aromatic nitrogens is 2. The van der Waals surface area contributed by atoms with Crippen molar-refractivity contribution in [2.75, 3.05) is 11.9 Å². The second-order valence-electron chi connectivity index (χ2n) is 10.4. The van der Waals surface area contributed by atoms with Crippen molar-refractivity contribution in [1.29, 1.82) is 0 Å². The molecule has 3 aromatic rings. The van der Waals surface area contributed by atoms with E-state index in [9.17, 15) is 32.7 Å². The van der Waals surface area contributed by atoms with Gasteiger partial charge in [-0.25, -0.2) is 14.4 Å². The van der Waals surface area contributed by atoms with Gasteiger partial charge in [0.15, 0.2) is 0 Å². The van der Waals surface area contributed by atoms with Gasteiger partial charge in [-0.05, 0) is 75.9 Å². The molecule has 2 amide bonds. The van der Waals surface area contributed by atoms with Crippen molar-refractivity contribution in [3.05, 3.63) is 59.8 Å². The molecule has 13 heteroatoms. The van der Waals surface area contributed by atoms with E-state index in [4.69, 9.17) is 9.47 Å². The number of ether oxygens (including phenoxy) is 2. The van der Waals surface area contributed by atoms with E-state index < -0.39 is 47.8 Å². The van der Waals surface area contributed by atoms with Crippen LogP contribution in [0.4, 0.5) is 33.2 Å². The number of carbonyl (C=O) groups is 3. The molecule has 4 rings (SSSR count). The number of anilines is 1. The Labute approximate surface area is 227 Å². The first-order valence-electron chi connectivity index (χ1n) is 12.6. The van der Waals surface area contributed by atoms with Gasteiger partial charge in [0.25, 0.3) is 0 Å². The Hall–Kier alpha value is -4.29. The zero-order valence-corrected chi connectivity index (χ0v) is 22.1. The fourth-order valence-electron chi connectivity index (χ4n) is 4.59. The average molecular weight is 563 g/mol. The zero-order chi connectivity index (χ0) is 29.2. The third-order valence-electron chi connectivity index (χ3n) is 6.30. The number of hydrogen-bond acceptors (Lipinski definition) is 6. The van der Waals surface area contributed by atoms with E-state index in [1.807, 2.05) is 0 Å². The Morgan fingerprint density at radius 1 is 1.10 bits per heavy atom. The summed E-state index contributed by atoms with van der Waals surface area (Å²) in [6.07, 6.45) is -5.94. The molecule has 0 spiro atoms. The van der Waals surface area contributed by atoms with Crippen LogP contribution in [-0.2, 0) is 15.7 Å². The number of hydrogen-bond donors (Lipinski definition) is 2. The highest BCUT2D eigenvalue weighted by Crippen LogP contribution is 2.36. The highest BCUT2D eigenvalue weighted by atomic mass is 19.4. The van der Waals surface area contributed by atoms with Crippen molar-refractivity contribution >= 4 is 34.9 Å². The Morgan fingerprint density at radius 2 is 1.85 bits per heavy atom. The summed E-state index contributed by atoms with van der Waals surface area (Å²) in [5.41, 5.74) is -0.955. The highest BCUT2D eigenvalue weighted by Gasteiger charge is 2.38. The summed E-state index contributed by atoms with van der Waals surface area (Å²) in [6, 6.07) is 8.01. The van der Waals surface area contributed by atoms with Crippen LogP contribution in [0, 0.1) is 0 Å². The zero-order valence-electron chi connectivity index (χ0n) is 22.1. The van der Waals surface area contributed by atoms with Crippen molar-refractivity contribution in [3.8, 4) is 0 Å². The van der Waals surface area contributed by atoms with Crippen LogP contribution in [0.3, 0.4) is 0 Å². The summed E-state index contributed by atoms with van der Waals surface area (Å²) < 4.78 is 52.3. The molecular formula is C27H29F3N4O6. The van der Waals surface area contributed by atoms with Crippen molar-refractivity contribution in [3.63, 3.8) is 0 Å². The molecule has 0 aliphatic carbocycles. The lowest BCUT2D eigenvalue weighted by Gasteiger charge is -2.38. The lowest BCUT2D eigenvalue weighted by atomic mass is 9.92. The van der Waals surface area contributed by atoms with Crippen molar-refractivity contribution < 1.29 is 42.1 Å². The largest absolute Gasteiger partial charge is 0.465 e. The van der Waals surface area contributed by atoms with Gasteiger partial charge >= 0.3 is 24.5 Å². The predicted octanol–water partition coefficient (Wildman–Crippen LogP) is 6.66. The fraction of sp³-hybridized carbons (Fsp3) is 0.407. The van der Waals surface area contributed by atoms with Crippen LogP contribution in [0.1, 0.15) is 57.3 Å². The third kappa shape index (κ3) is 6.64. The van der Waals surface area contributed by atoms with Crippen LogP contribution in [0.25, 0.3) is 10.9 Å². The third-order valence-corrected chi connectivity index (χ3v) is 6.30. The molecular weight excluding hydrogens is 533 g/mol. The quantitative estimate of drug-likeness (QED) is 0.364. The van der Waals surface area contributed by atoms with Crippen LogP contribution in [0.2, 0.25) is 0 Å². The second kappa shape index (κ2) is 11.1. The maximum absolute atomic E-state index is 13.4. The van der Waals surface area contributed by atoms with Crippen molar-refractivity contribution in [1.82, 2.24) is 14.7 Å². The summed E-state index contributed by atoms with van der Waals surface area (Å²) >= 11 is 0. The van der Waals surface area contributed by atoms with E-state index in [0.29, 0.717) is 30.2 Å². The monoisotopic (exact) mass is 562 g/mol. The van der Waals surface area contributed by atoms with E-state index in [0.717, 1.165) is 21.7 Å². The Morgan fingerprint density at radius 3 is 2.52 bits per heavy atom. The van der Waals surface area contributed by atoms with Gasteiger partial charge in [0, 0.05) is 17.6 Å². The molecule has 2 aromatic carbocycles. The van der Waals surface area contributed by atoms with Gasteiger partial charge in [0.05, 0.1) is 23.3 Å². The molecule has 1 aliphatic heterocycles. The number of alkyl halides is 3. The molecule has 214 valence electrons. The Bertz CT molecular complexity index is 1420. The number of benzene rings is 2. The molecule has 2 N–H and O–H groups in total. The number of amides is 2. The van der Waals surface area contributed by atoms with Gasteiger partial charge in [-0.2, -0.15) is 23.0 Å². The lowest BCUT2D eigenvalue weighted by Crippen LogP contribution is -2.47. The average Bonchev–Trinajstić information content (AvgIpc) is 3.29. The first-order valence-corrected chi connectivity index (χ1v) is 12.6. The molecule has 2 heterocycles. The summed E-state index contributed by atoms with van der Waals surface area (Å²) in [7, 11) is 0. The normalized spacial score (nSPS) is 16.9. The second-order valence-corrected chi connectivity index (χ2v) is 10.4. The smallest absolute Gasteiger partial charge is 0.435 e. The molecule has 0 saturated carbocycles. The number of rotatable bonds is 4. The first-order chi connectivity index (χ1) is 18.7. The van der Waals surface area contributed by atoms with Gasteiger partial charge in [-0.3, -0.25) is 5.32 Å². The first kappa shape index (κ1) is 28.7. The molecule has 1 saturated heterocycles. The number of nitrogens with one attached hydrogen (secondary N) is 1. The number of piperidine rings is 1. The molecule has 0 bridgehead atoms. The number of carboxylic acid groups (broad SMARTS) is 1. The van der Waals surface area contributed by atoms with E-state index >= 15 is 0 Å². The van der Waals surface area contributed by atoms with Crippen LogP contribution < -0.4 is 5.32 Å². The molecule has 1 unspecified atom stereocenters. The van der Waals surface area contributed by atoms with Crippen molar-refractivity contribution in [2.45, 2.75) is 64.0 Å². The van der Waals surface area contributed by atoms with Gasteiger partial charge < -0.3 is 19.5 Å². The minimum atomic E-state index is -4.64. The summed E-state index contributed by atoms with van der Waals surface area (Å²) in [4.78, 5) is 38.4. The number of fused-ring (bicyclic) bond motifs is 1. The summed E-state index contributed by atoms with van der Waals surface area (Å²) in [5, 5.41) is 16.8. The van der Waals surface area contributed by atoms with Crippen LogP contribution in [0.5, 0.6) is 0 Å². The maximum atomic E-state index is 13.4. The van der Waals surface area contributed by atoms with Crippen LogP contribution >= 0.6 is 0 Å². The molecule has 1 fully saturated rings. The molecule has 2 atom stereocenters. The van der Waals surface area contributed by atoms with Crippen molar-refractivity contribution in [2.24, 2.45) is 0 Å².